The fourth-order valence-corrected chi connectivity index (χ4v) is 3.74. The fourth-order valence-electron chi connectivity index (χ4n) is 3.74. The van der Waals surface area contributed by atoms with E-state index < -0.39 is 11.6 Å². The first-order valence-corrected chi connectivity index (χ1v) is 10.6. The maximum Gasteiger partial charge on any atom is 0.410 e. The van der Waals surface area contributed by atoms with E-state index in [1.54, 1.807) is 29.3 Å². The van der Waals surface area contributed by atoms with Crippen LogP contribution < -0.4 is 4.74 Å². The lowest BCUT2D eigenvalue weighted by Gasteiger charge is -2.33. The highest BCUT2D eigenvalue weighted by Gasteiger charge is 2.27. The molecule has 0 aliphatic carbocycles. The van der Waals surface area contributed by atoms with E-state index in [1.165, 1.54) is 0 Å². The predicted octanol–water partition coefficient (Wildman–Crippen LogP) is 4.50. The number of carboxylic acids is 1. The first-order chi connectivity index (χ1) is 15.2. The number of carboxylic acid groups (broad SMARTS) is 1. The molecule has 32 heavy (non-hydrogen) atoms. The third-order valence-corrected chi connectivity index (χ3v) is 5.30. The minimum absolute atomic E-state index is 0.0168. The summed E-state index contributed by atoms with van der Waals surface area (Å²) in [5.74, 6) is 0.445. The van der Waals surface area contributed by atoms with E-state index in [4.69, 9.17) is 14.6 Å². The number of pyridine rings is 1. The van der Waals surface area contributed by atoms with Gasteiger partial charge in [0.1, 0.15) is 23.3 Å². The maximum absolute atomic E-state index is 12.2. The molecule has 0 bridgehead atoms. The number of aromatic nitrogens is 2. The summed E-state index contributed by atoms with van der Waals surface area (Å²) < 4.78 is 13.4. The van der Waals surface area contributed by atoms with Gasteiger partial charge in [0.2, 0.25) is 0 Å². The fraction of sp³-hybridized carbons (Fsp3) is 0.375. The Bertz CT molecular complexity index is 1120. The molecule has 1 aromatic carbocycles. The van der Waals surface area contributed by atoms with Gasteiger partial charge >= 0.3 is 12.1 Å². The highest BCUT2D eigenvalue weighted by molar-refractivity contribution is 5.94. The Labute approximate surface area is 186 Å². The van der Waals surface area contributed by atoms with Gasteiger partial charge in [-0.2, -0.15) is 0 Å². The van der Waals surface area contributed by atoms with E-state index in [0.717, 1.165) is 29.6 Å². The van der Waals surface area contributed by atoms with Crippen LogP contribution >= 0.6 is 0 Å². The maximum atomic E-state index is 12.2. The second-order valence-electron chi connectivity index (χ2n) is 8.90. The molecule has 168 valence electrons. The summed E-state index contributed by atoms with van der Waals surface area (Å²) in [6, 6.07) is 10.6. The van der Waals surface area contributed by atoms with Crippen molar-refractivity contribution in [3.05, 3.63) is 54.4 Å². The van der Waals surface area contributed by atoms with Crippen molar-refractivity contribution in [3.63, 3.8) is 0 Å². The molecule has 3 aromatic rings. The first kappa shape index (κ1) is 21.7. The summed E-state index contributed by atoms with van der Waals surface area (Å²) in [5.41, 5.74) is 0.636. The van der Waals surface area contributed by atoms with Crippen molar-refractivity contribution in [2.45, 2.75) is 45.3 Å². The van der Waals surface area contributed by atoms with E-state index in [2.05, 4.69) is 4.98 Å². The van der Waals surface area contributed by atoms with Crippen LogP contribution in [0.2, 0.25) is 0 Å². The Hall–Kier alpha value is -3.55. The number of nitrogens with zero attached hydrogens (tertiary/aromatic N) is 3. The largest absolute Gasteiger partial charge is 0.489 e. The Morgan fingerprint density at radius 3 is 2.47 bits per heavy atom. The Kier molecular flexibility index (Phi) is 5.78. The quantitative estimate of drug-likeness (QED) is 0.646. The topological polar surface area (TPSA) is 93.9 Å². The van der Waals surface area contributed by atoms with Gasteiger partial charge in [-0.3, -0.25) is 0 Å². The second kappa shape index (κ2) is 8.53. The minimum atomic E-state index is -0.948. The van der Waals surface area contributed by atoms with Crippen molar-refractivity contribution in [1.82, 2.24) is 14.5 Å². The Morgan fingerprint density at radius 1 is 1.09 bits per heavy atom. The number of hydrogen-bond donors (Lipinski definition) is 1. The molecule has 0 unspecified atom stereocenters. The van der Waals surface area contributed by atoms with E-state index in [9.17, 15) is 9.59 Å². The Morgan fingerprint density at radius 2 is 1.84 bits per heavy atom. The number of amides is 1. The number of hydrogen-bond acceptors (Lipinski definition) is 5. The minimum Gasteiger partial charge on any atom is -0.489 e. The molecular formula is C24H27N3O5. The van der Waals surface area contributed by atoms with E-state index >= 15 is 0 Å². The van der Waals surface area contributed by atoms with Crippen molar-refractivity contribution in [2.75, 3.05) is 13.1 Å². The molecule has 1 saturated heterocycles. The summed E-state index contributed by atoms with van der Waals surface area (Å²) in [5, 5.41) is 10.00. The SMILES string of the molecule is CC(C)(C)OC(=O)N1CCC(Oc2ccc(-n3ccc4cc(C(=O)O)ccc43)nc2)CC1. The van der Waals surface area contributed by atoms with Crippen molar-refractivity contribution in [1.29, 1.82) is 0 Å². The van der Waals surface area contributed by atoms with Crippen LogP contribution in [0.15, 0.2) is 48.8 Å². The van der Waals surface area contributed by atoms with Gasteiger partial charge in [0.05, 0.1) is 17.3 Å². The number of aromatic carboxylic acids is 1. The van der Waals surface area contributed by atoms with Crippen LogP contribution in [0.4, 0.5) is 4.79 Å². The molecule has 0 radical (unpaired) electrons. The predicted molar refractivity (Wildman–Crippen MR) is 119 cm³/mol. The molecule has 3 heterocycles. The zero-order valence-electron chi connectivity index (χ0n) is 18.4. The van der Waals surface area contributed by atoms with E-state index in [1.807, 2.05) is 49.7 Å². The molecule has 1 aliphatic rings. The molecule has 8 nitrogen and oxygen atoms in total. The molecule has 0 atom stereocenters. The van der Waals surface area contributed by atoms with Crippen molar-refractivity contribution >= 4 is 23.0 Å². The van der Waals surface area contributed by atoms with Gasteiger partial charge in [0.25, 0.3) is 0 Å². The Balaban J connectivity index is 1.37. The molecule has 2 aromatic heterocycles. The normalized spacial score (nSPS) is 15.0. The number of carbonyl (C=O) groups is 2. The summed E-state index contributed by atoms with van der Waals surface area (Å²) >= 11 is 0. The van der Waals surface area contributed by atoms with Gasteiger partial charge in [-0.25, -0.2) is 14.6 Å². The zero-order valence-corrected chi connectivity index (χ0v) is 18.4. The number of rotatable bonds is 4. The molecule has 0 spiro atoms. The summed E-state index contributed by atoms with van der Waals surface area (Å²) in [7, 11) is 0. The molecule has 8 heteroatoms. The monoisotopic (exact) mass is 437 g/mol. The second-order valence-corrected chi connectivity index (χ2v) is 8.90. The van der Waals surface area contributed by atoms with Gasteiger partial charge < -0.3 is 24.0 Å². The third-order valence-electron chi connectivity index (χ3n) is 5.30. The number of benzene rings is 1. The van der Waals surface area contributed by atoms with Crippen LogP contribution in [0.25, 0.3) is 16.7 Å². The number of ether oxygens (including phenoxy) is 2. The molecule has 0 saturated carbocycles. The lowest BCUT2D eigenvalue weighted by atomic mass is 10.1. The summed E-state index contributed by atoms with van der Waals surface area (Å²) in [6.45, 7) is 6.78. The average Bonchev–Trinajstić information content (AvgIpc) is 3.17. The molecular weight excluding hydrogens is 410 g/mol. The van der Waals surface area contributed by atoms with E-state index in [-0.39, 0.29) is 17.8 Å². The van der Waals surface area contributed by atoms with Crippen molar-refractivity contribution in [2.24, 2.45) is 0 Å². The van der Waals surface area contributed by atoms with Crippen LogP contribution in [0.3, 0.4) is 0 Å². The molecule has 1 amide bonds. The summed E-state index contributed by atoms with van der Waals surface area (Å²) in [6.07, 6.45) is 4.75. The molecule has 1 N–H and O–H groups in total. The third kappa shape index (κ3) is 4.85. The van der Waals surface area contributed by atoms with E-state index in [0.29, 0.717) is 18.8 Å². The van der Waals surface area contributed by atoms with Crippen molar-refractivity contribution < 1.29 is 24.2 Å². The average molecular weight is 437 g/mol. The van der Waals surface area contributed by atoms with Gasteiger partial charge in [0, 0.05) is 37.5 Å². The van der Waals surface area contributed by atoms with Gasteiger partial charge in [-0.15, -0.1) is 0 Å². The zero-order chi connectivity index (χ0) is 22.9. The number of carbonyl (C=O) groups excluding carboxylic acids is 1. The van der Waals surface area contributed by atoms with Crippen molar-refractivity contribution in [3.8, 4) is 11.6 Å². The standard InChI is InChI=1S/C24H27N3O5/c1-24(2,3)32-23(30)26-11-9-18(10-12-26)31-19-5-7-21(25-15-19)27-13-8-16-14-17(22(28)29)4-6-20(16)27/h4-8,13-15,18H,9-12H2,1-3H3,(H,28,29). The van der Waals surface area contributed by atoms with Crippen LogP contribution in [0, 0.1) is 0 Å². The number of piperidine rings is 1. The van der Waals surface area contributed by atoms with Crippen LogP contribution in [-0.2, 0) is 4.74 Å². The van der Waals surface area contributed by atoms with Gasteiger partial charge in [0.15, 0.2) is 0 Å². The highest BCUT2D eigenvalue weighted by Crippen LogP contribution is 2.24. The van der Waals surface area contributed by atoms with Crippen LogP contribution in [0.1, 0.15) is 44.0 Å². The number of likely N-dealkylation sites (tertiary alicyclic amines) is 1. The molecule has 1 fully saturated rings. The van der Waals surface area contributed by atoms with Gasteiger partial charge in [-0.05, 0) is 57.2 Å². The van der Waals surface area contributed by atoms with Crippen LogP contribution in [-0.4, -0.2) is 56.4 Å². The summed E-state index contributed by atoms with van der Waals surface area (Å²) in [4.78, 5) is 29.6. The first-order valence-electron chi connectivity index (χ1n) is 10.6. The number of fused-ring (bicyclic) bond motifs is 1. The lowest BCUT2D eigenvalue weighted by Crippen LogP contribution is -2.44. The highest BCUT2D eigenvalue weighted by atomic mass is 16.6. The molecule has 1 aliphatic heterocycles. The molecule has 4 rings (SSSR count). The smallest absolute Gasteiger partial charge is 0.410 e. The van der Waals surface area contributed by atoms with Crippen LogP contribution in [0.5, 0.6) is 5.75 Å². The van der Waals surface area contributed by atoms with Gasteiger partial charge in [-0.1, -0.05) is 0 Å². The lowest BCUT2D eigenvalue weighted by molar-refractivity contribution is 0.0126.